The number of hydrogen-bond donors (Lipinski definition) is 2. The lowest BCUT2D eigenvalue weighted by atomic mass is 10.3. The first kappa shape index (κ1) is 20.7. The van der Waals surface area contributed by atoms with Gasteiger partial charge in [-0.15, -0.1) is 32.9 Å². The van der Waals surface area contributed by atoms with Gasteiger partial charge in [-0.05, 0) is 47.5 Å². The summed E-state index contributed by atoms with van der Waals surface area (Å²) in [4.78, 5) is 16.1. The van der Waals surface area contributed by atoms with Crippen LogP contribution in [0, 0.1) is 0 Å². The third-order valence-electron chi connectivity index (χ3n) is 3.84. The molecule has 0 fully saturated rings. The number of thiazole rings is 1. The molecule has 0 radical (unpaired) electrons. The minimum Gasteiger partial charge on any atom is -0.481 e. The first-order valence-electron chi connectivity index (χ1n) is 8.28. The molecule has 4 aromatic rings. The summed E-state index contributed by atoms with van der Waals surface area (Å²) in [5.41, 5.74) is 1.12. The van der Waals surface area contributed by atoms with Gasteiger partial charge in [0.1, 0.15) is 0 Å². The fourth-order valence-electron chi connectivity index (χ4n) is 2.57. The maximum Gasteiger partial charge on any atom is 0.309 e. The van der Waals surface area contributed by atoms with E-state index < -0.39 is 16.0 Å². The Balaban J connectivity index is 1.75. The minimum atomic E-state index is -3.81. The molecule has 30 heavy (non-hydrogen) atoms. The van der Waals surface area contributed by atoms with Gasteiger partial charge in [-0.3, -0.25) is 9.36 Å². The molecule has 0 spiro atoms. The number of carbonyl (C=O) groups is 1. The van der Waals surface area contributed by atoms with Gasteiger partial charge >= 0.3 is 5.97 Å². The van der Waals surface area contributed by atoms with E-state index in [0.29, 0.717) is 26.7 Å². The maximum atomic E-state index is 11.6. The lowest BCUT2D eigenvalue weighted by Crippen LogP contribution is -2.12. The van der Waals surface area contributed by atoms with Crippen molar-refractivity contribution < 1.29 is 18.3 Å². The third kappa shape index (κ3) is 4.44. The van der Waals surface area contributed by atoms with Gasteiger partial charge in [0.15, 0.2) is 10.2 Å². The van der Waals surface area contributed by atoms with Crippen LogP contribution < -0.4 is 5.14 Å². The summed E-state index contributed by atoms with van der Waals surface area (Å²) in [5, 5.41) is 26.8. The maximum absolute atomic E-state index is 11.6. The quantitative estimate of drug-likeness (QED) is 0.412. The molecule has 0 aliphatic rings. The number of benzene rings is 1. The van der Waals surface area contributed by atoms with E-state index in [1.807, 2.05) is 17.5 Å². The molecule has 0 aliphatic heterocycles. The molecule has 0 amide bonds. The van der Waals surface area contributed by atoms with Crippen molar-refractivity contribution in [3.8, 4) is 16.4 Å². The Morgan fingerprint density at radius 2 is 1.93 bits per heavy atom. The molecule has 0 aliphatic carbocycles. The molecule has 13 heteroatoms. The minimum absolute atomic E-state index is 0.00411. The van der Waals surface area contributed by atoms with E-state index in [9.17, 15) is 13.2 Å². The van der Waals surface area contributed by atoms with E-state index >= 15 is 0 Å². The molecule has 0 bridgehead atoms. The second-order valence-electron chi connectivity index (χ2n) is 5.94. The van der Waals surface area contributed by atoms with Crippen LogP contribution in [-0.4, -0.2) is 39.2 Å². The average Bonchev–Trinajstić information content (AvgIpc) is 3.42. The van der Waals surface area contributed by atoms with Gasteiger partial charge < -0.3 is 5.11 Å². The van der Waals surface area contributed by atoms with Crippen LogP contribution in [0.3, 0.4) is 0 Å². The van der Waals surface area contributed by atoms with Crippen LogP contribution in [0.4, 0.5) is 0 Å². The predicted molar refractivity (Wildman–Crippen MR) is 114 cm³/mol. The molecule has 4 rings (SSSR count). The van der Waals surface area contributed by atoms with Crippen LogP contribution in [0.1, 0.15) is 5.69 Å². The number of sulfonamides is 1. The zero-order chi connectivity index (χ0) is 21.3. The van der Waals surface area contributed by atoms with Crippen molar-refractivity contribution in [3.05, 3.63) is 52.9 Å². The number of nitrogens with two attached hydrogens (primary N) is 1. The number of aliphatic carboxylic acids is 1. The smallest absolute Gasteiger partial charge is 0.309 e. The first-order chi connectivity index (χ1) is 14.3. The standard InChI is InChI=1S/C17H13N5O4S4/c18-30(25,26)12-5-3-11(4-6-12)22-15(13-2-1-7-27-13)20-21-16(22)29-17-19-10(9-28-17)8-14(23)24/h1-7,9H,8H2,(H,23,24)(H2,18,25,26). The van der Waals surface area contributed by atoms with E-state index in [1.54, 1.807) is 22.1 Å². The molecule has 3 heterocycles. The van der Waals surface area contributed by atoms with Crippen molar-refractivity contribution in [1.82, 2.24) is 19.7 Å². The molecule has 9 nitrogen and oxygen atoms in total. The number of carboxylic acids is 1. The lowest BCUT2D eigenvalue weighted by Gasteiger charge is -2.09. The SMILES string of the molecule is NS(=O)(=O)c1ccc(-n2c(Sc3nc(CC(=O)O)cs3)nnc2-c2cccs2)cc1. The topological polar surface area (TPSA) is 141 Å². The van der Waals surface area contributed by atoms with Gasteiger partial charge in [0.2, 0.25) is 15.2 Å². The van der Waals surface area contributed by atoms with Crippen LogP contribution in [0.15, 0.2) is 61.5 Å². The van der Waals surface area contributed by atoms with Gasteiger partial charge in [0.05, 0.1) is 21.9 Å². The van der Waals surface area contributed by atoms with Crippen molar-refractivity contribution in [3.63, 3.8) is 0 Å². The third-order valence-corrected chi connectivity index (χ3v) is 7.57. The van der Waals surface area contributed by atoms with Crippen LogP contribution in [0.25, 0.3) is 16.4 Å². The summed E-state index contributed by atoms with van der Waals surface area (Å²) in [6, 6.07) is 9.91. The highest BCUT2D eigenvalue weighted by molar-refractivity contribution is 8.00. The molecule has 3 aromatic heterocycles. The Labute approximate surface area is 183 Å². The van der Waals surface area contributed by atoms with Crippen LogP contribution >= 0.6 is 34.4 Å². The summed E-state index contributed by atoms with van der Waals surface area (Å²) in [5.74, 6) is -0.354. The normalized spacial score (nSPS) is 11.6. The van der Waals surface area contributed by atoms with Crippen molar-refractivity contribution in [2.45, 2.75) is 20.8 Å². The molecule has 154 valence electrons. The van der Waals surface area contributed by atoms with Gasteiger partial charge in [0, 0.05) is 11.1 Å². The second-order valence-corrected chi connectivity index (χ2v) is 10.5. The van der Waals surface area contributed by atoms with Crippen LogP contribution in [0.5, 0.6) is 0 Å². The Kier molecular flexibility index (Phi) is 5.71. The highest BCUT2D eigenvalue weighted by Gasteiger charge is 2.19. The van der Waals surface area contributed by atoms with Gasteiger partial charge in [-0.1, -0.05) is 6.07 Å². The first-order valence-corrected chi connectivity index (χ1v) is 12.4. The highest BCUT2D eigenvalue weighted by Crippen LogP contribution is 2.35. The monoisotopic (exact) mass is 479 g/mol. The van der Waals surface area contributed by atoms with E-state index in [0.717, 1.165) is 4.88 Å². The molecule has 3 N–H and O–H groups in total. The average molecular weight is 480 g/mol. The zero-order valence-electron chi connectivity index (χ0n) is 15.0. The Bertz CT molecular complexity index is 1290. The summed E-state index contributed by atoms with van der Waals surface area (Å²) >= 11 is 4.06. The van der Waals surface area contributed by atoms with Crippen molar-refractivity contribution >= 4 is 50.4 Å². The fourth-order valence-corrected chi connectivity index (χ4v) is 5.57. The van der Waals surface area contributed by atoms with Crippen molar-refractivity contribution in [2.24, 2.45) is 5.14 Å². The Morgan fingerprint density at radius 3 is 2.57 bits per heavy atom. The van der Waals surface area contributed by atoms with E-state index in [4.69, 9.17) is 10.2 Å². The molecule has 0 atom stereocenters. The molecular formula is C17H13N5O4S4. The number of carboxylic acid groups (broad SMARTS) is 1. The molecule has 1 aromatic carbocycles. The van der Waals surface area contributed by atoms with Gasteiger partial charge in [-0.2, -0.15) is 0 Å². The van der Waals surface area contributed by atoms with E-state index in [2.05, 4.69) is 15.2 Å². The van der Waals surface area contributed by atoms with Crippen LogP contribution in [0.2, 0.25) is 0 Å². The highest BCUT2D eigenvalue weighted by atomic mass is 32.2. The van der Waals surface area contributed by atoms with Gasteiger partial charge in [0.25, 0.3) is 0 Å². The van der Waals surface area contributed by atoms with Crippen LogP contribution in [-0.2, 0) is 21.2 Å². The molecule has 0 unspecified atom stereocenters. The lowest BCUT2D eigenvalue weighted by molar-refractivity contribution is -0.136. The van der Waals surface area contributed by atoms with Crippen molar-refractivity contribution in [1.29, 1.82) is 0 Å². The summed E-state index contributed by atoms with van der Waals surface area (Å²) in [7, 11) is -3.81. The predicted octanol–water partition coefficient (Wildman–Crippen LogP) is 2.88. The number of rotatable bonds is 7. The molecule has 0 saturated carbocycles. The number of aromatic nitrogens is 4. The van der Waals surface area contributed by atoms with E-state index in [-0.39, 0.29) is 11.3 Å². The van der Waals surface area contributed by atoms with Crippen molar-refractivity contribution in [2.75, 3.05) is 0 Å². The fraction of sp³-hybridized carbons (Fsp3) is 0.0588. The summed E-state index contributed by atoms with van der Waals surface area (Å²) in [6.07, 6.45) is -0.154. The Morgan fingerprint density at radius 1 is 1.17 bits per heavy atom. The summed E-state index contributed by atoms with van der Waals surface area (Å²) in [6.45, 7) is 0. The second kappa shape index (κ2) is 8.28. The van der Waals surface area contributed by atoms with E-state index in [1.165, 1.54) is 46.6 Å². The summed E-state index contributed by atoms with van der Waals surface area (Å²) < 4.78 is 25.5. The molecule has 0 saturated heterocycles. The number of primary sulfonamides is 1. The largest absolute Gasteiger partial charge is 0.481 e. The zero-order valence-corrected chi connectivity index (χ0v) is 18.3. The number of hydrogen-bond acceptors (Lipinski definition) is 9. The number of nitrogens with zero attached hydrogens (tertiary/aromatic N) is 4. The number of thiophene rings is 1. The Hall–Kier alpha value is -2.58. The molecular weight excluding hydrogens is 466 g/mol. The van der Waals surface area contributed by atoms with Gasteiger partial charge in [-0.25, -0.2) is 18.5 Å².